The molecular formula is C46H31NS. The summed E-state index contributed by atoms with van der Waals surface area (Å²) in [4.78, 5) is 2.38. The largest absolute Gasteiger partial charge is 0.310 e. The van der Waals surface area contributed by atoms with Gasteiger partial charge in [0, 0.05) is 37.1 Å². The third kappa shape index (κ3) is 5.04. The standard InChI is InChI=1S/C46H31NS/c1-3-11-32(12-4-1)33-21-26-38(27-22-33)47(43-17-9-7-15-40(43)35-13-5-2-6-14-35)39-28-23-34(24-29-39)37-20-19-36-25-30-45-46(42(36)31-37)41-16-8-10-18-44(41)48-45/h1-31H. The van der Waals surface area contributed by atoms with Crippen LogP contribution in [-0.2, 0) is 0 Å². The van der Waals surface area contributed by atoms with E-state index in [1.165, 1.54) is 64.3 Å². The van der Waals surface area contributed by atoms with Crippen LogP contribution in [0.3, 0.4) is 0 Å². The summed E-state index contributed by atoms with van der Waals surface area (Å²) in [6.45, 7) is 0. The van der Waals surface area contributed by atoms with Gasteiger partial charge in [-0.25, -0.2) is 0 Å². The van der Waals surface area contributed by atoms with Gasteiger partial charge in [-0.15, -0.1) is 11.3 Å². The number of nitrogens with zero attached hydrogens (tertiary/aromatic N) is 1. The molecule has 48 heavy (non-hydrogen) atoms. The molecule has 0 saturated carbocycles. The van der Waals surface area contributed by atoms with Gasteiger partial charge in [-0.2, -0.15) is 0 Å². The number of hydrogen-bond acceptors (Lipinski definition) is 2. The molecule has 0 bridgehead atoms. The van der Waals surface area contributed by atoms with Gasteiger partial charge in [0.25, 0.3) is 0 Å². The van der Waals surface area contributed by atoms with Crippen LogP contribution in [0.25, 0.3) is 64.3 Å². The first-order valence-corrected chi connectivity index (χ1v) is 17.2. The lowest BCUT2D eigenvalue weighted by atomic mass is 9.97. The molecule has 1 aromatic heterocycles. The van der Waals surface area contributed by atoms with Crippen LogP contribution in [-0.4, -0.2) is 0 Å². The van der Waals surface area contributed by atoms with E-state index in [1.54, 1.807) is 0 Å². The fourth-order valence-electron chi connectivity index (χ4n) is 6.92. The maximum Gasteiger partial charge on any atom is 0.0540 e. The zero-order valence-electron chi connectivity index (χ0n) is 26.3. The number of rotatable bonds is 6. The molecule has 8 aromatic carbocycles. The van der Waals surface area contributed by atoms with Gasteiger partial charge in [0.1, 0.15) is 0 Å². The molecule has 1 heterocycles. The van der Waals surface area contributed by atoms with Crippen LogP contribution in [0.15, 0.2) is 188 Å². The van der Waals surface area contributed by atoms with Gasteiger partial charge in [-0.3, -0.25) is 0 Å². The summed E-state index contributed by atoms with van der Waals surface area (Å²) in [7, 11) is 0. The Hall–Kier alpha value is -5.96. The molecule has 0 spiro atoms. The SMILES string of the molecule is c1ccc(-c2ccc(N(c3ccc(-c4ccc5ccc6sc7ccccc7c6c5c4)cc3)c3ccccc3-c3ccccc3)cc2)cc1. The van der Waals surface area contributed by atoms with E-state index in [0.29, 0.717) is 0 Å². The van der Waals surface area contributed by atoms with Gasteiger partial charge in [-0.05, 0) is 87.1 Å². The molecule has 0 radical (unpaired) electrons. The van der Waals surface area contributed by atoms with E-state index >= 15 is 0 Å². The normalized spacial score (nSPS) is 11.3. The third-order valence-electron chi connectivity index (χ3n) is 9.28. The Labute approximate surface area is 284 Å². The summed E-state index contributed by atoms with van der Waals surface area (Å²) in [5, 5.41) is 5.27. The molecule has 0 aliphatic carbocycles. The van der Waals surface area contributed by atoms with E-state index in [2.05, 4.69) is 193 Å². The first kappa shape index (κ1) is 28.3. The lowest BCUT2D eigenvalue weighted by molar-refractivity contribution is 1.28. The Morgan fingerprint density at radius 1 is 0.354 bits per heavy atom. The van der Waals surface area contributed by atoms with Crippen molar-refractivity contribution in [1.29, 1.82) is 0 Å². The van der Waals surface area contributed by atoms with Gasteiger partial charge < -0.3 is 4.90 Å². The minimum atomic E-state index is 1.11. The molecule has 0 amide bonds. The maximum absolute atomic E-state index is 2.38. The molecule has 2 heteroatoms. The molecule has 0 atom stereocenters. The zero-order chi connectivity index (χ0) is 31.9. The minimum Gasteiger partial charge on any atom is -0.310 e. The third-order valence-corrected chi connectivity index (χ3v) is 10.4. The van der Waals surface area contributed by atoms with Crippen molar-refractivity contribution in [2.45, 2.75) is 0 Å². The Kier molecular flexibility index (Phi) is 7.07. The molecule has 0 aliphatic heterocycles. The van der Waals surface area contributed by atoms with Crippen molar-refractivity contribution < 1.29 is 0 Å². The summed E-state index contributed by atoms with van der Waals surface area (Å²) in [6.07, 6.45) is 0. The number of benzene rings is 8. The summed E-state index contributed by atoms with van der Waals surface area (Å²) < 4.78 is 2.67. The average Bonchev–Trinajstić information content (AvgIpc) is 3.56. The fraction of sp³-hybridized carbons (Fsp3) is 0. The molecular weight excluding hydrogens is 599 g/mol. The predicted octanol–water partition coefficient (Wildman–Crippen LogP) is 13.7. The van der Waals surface area contributed by atoms with Crippen LogP contribution in [0.2, 0.25) is 0 Å². The van der Waals surface area contributed by atoms with Gasteiger partial charge in [-0.1, -0.05) is 140 Å². The van der Waals surface area contributed by atoms with Crippen LogP contribution in [0.1, 0.15) is 0 Å². The topological polar surface area (TPSA) is 3.24 Å². The highest BCUT2D eigenvalue weighted by Gasteiger charge is 2.18. The van der Waals surface area contributed by atoms with Crippen molar-refractivity contribution in [2.24, 2.45) is 0 Å². The van der Waals surface area contributed by atoms with Gasteiger partial charge in [0.15, 0.2) is 0 Å². The van der Waals surface area contributed by atoms with Gasteiger partial charge >= 0.3 is 0 Å². The van der Waals surface area contributed by atoms with E-state index in [9.17, 15) is 0 Å². The van der Waals surface area contributed by atoms with E-state index in [0.717, 1.165) is 17.1 Å². The second kappa shape index (κ2) is 12.0. The highest BCUT2D eigenvalue weighted by molar-refractivity contribution is 7.26. The Morgan fingerprint density at radius 2 is 0.896 bits per heavy atom. The summed E-state index contributed by atoms with van der Waals surface area (Å²) in [5.41, 5.74) is 10.6. The second-order valence-electron chi connectivity index (χ2n) is 12.2. The van der Waals surface area contributed by atoms with Crippen molar-refractivity contribution in [3.05, 3.63) is 188 Å². The van der Waals surface area contributed by atoms with Crippen molar-refractivity contribution in [3.63, 3.8) is 0 Å². The smallest absolute Gasteiger partial charge is 0.0540 e. The minimum absolute atomic E-state index is 1.11. The molecule has 0 aliphatic rings. The van der Waals surface area contributed by atoms with E-state index in [1.807, 2.05) is 11.3 Å². The van der Waals surface area contributed by atoms with Crippen molar-refractivity contribution >= 4 is 59.3 Å². The summed E-state index contributed by atoms with van der Waals surface area (Å²) >= 11 is 1.87. The Morgan fingerprint density at radius 3 is 1.62 bits per heavy atom. The van der Waals surface area contributed by atoms with E-state index in [4.69, 9.17) is 0 Å². The second-order valence-corrected chi connectivity index (χ2v) is 13.2. The molecule has 0 unspecified atom stereocenters. The predicted molar refractivity (Wildman–Crippen MR) is 208 cm³/mol. The highest BCUT2D eigenvalue weighted by Crippen LogP contribution is 2.43. The van der Waals surface area contributed by atoms with Crippen molar-refractivity contribution in [3.8, 4) is 33.4 Å². The lowest BCUT2D eigenvalue weighted by Gasteiger charge is -2.28. The van der Waals surface area contributed by atoms with Crippen LogP contribution in [0.4, 0.5) is 17.1 Å². The Bertz CT molecular complexity index is 2530. The monoisotopic (exact) mass is 629 g/mol. The van der Waals surface area contributed by atoms with Crippen molar-refractivity contribution in [2.75, 3.05) is 4.90 Å². The zero-order valence-corrected chi connectivity index (χ0v) is 27.1. The van der Waals surface area contributed by atoms with Gasteiger partial charge in [0.2, 0.25) is 0 Å². The molecule has 0 fully saturated rings. The number of para-hydroxylation sites is 1. The maximum atomic E-state index is 2.38. The van der Waals surface area contributed by atoms with Crippen LogP contribution >= 0.6 is 11.3 Å². The molecule has 0 N–H and O–H groups in total. The first-order chi connectivity index (χ1) is 23.8. The number of fused-ring (bicyclic) bond motifs is 5. The number of thiophene rings is 1. The van der Waals surface area contributed by atoms with Crippen molar-refractivity contribution in [1.82, 2.24) is 0 Å². The number of hydrogen-bond donors (Lipinski definition) is 0. The van der Waals surface area contributed by atoms with E-state index in [-0.39, 0.29) is 0 Å². The van der Waals surface area contributed by atoms with Crippen LogP contribution in [0.5, 0.6) is 0 Å². The van der Waals surface area contributed by atoms with E-state index < -0.39 is 0 Å². The van der Waals surface area contributed by atoms with Gasteiger partial charge in [0.05, 0.1) is 5.69 Å². The molecule has 9 aromatic rings. The number of anilines is 3. The highest BCUT2D eigenvalue weighted by atomic mass is 32.1. The molecule has 9 rings (SSSR count). The first-order valence-electron chi connectivity index (χ1n) is 16.3. The van der Waals surface area contributed by atoms with Crippen LogP contribution < -0.4 is 4.90 Å². The lowest BCUT2D eigenvalue weighted by Crippen LogP contribution is -2.11. The molecule has 1 nitrogen and oxygen atoms in total. The summed E-state index contributed by atoms with van der Waals surface area (Å²) in [6, 6.07) is 68.0. The fourth-order valence-corrected chi connectivity index (χ4v) is 8.04. The molecule has 226 valence electrons. The quantitative estimate of drug-likeness (QED) is 0.177. The molecule has 0 saturated heterocycles. The average molecular weight is 630 g/mol. The Balaban J connectivity index is 1.15. The summed E-state index contributed by atoms with van der Waals surface area (Å²) in [5.74, 6) is 0. The van der Waals surface area contributed by atoms with Crippen LogP contribution in [0, 0.1) is 0 Å².